The molecule has 2 aliphatic heterocycles. The molecule has 7 N–H and O–H groups in total. The molecule has 43 heteroatoms. The van der Waals surface area contributed by atoms with Crippen LogP contribution in [0.1, 0.15) is 103 Å². The van der Waals surface area contributed by atoms with E-state index >= 15 is 0 Å². The Bertz CT molecular complexity index is 2200. The lowest BCUT2D eigenvalue weighted by Gasteiger charge is -2.32. The summed E-state index contributed by atoms with van der Waals surface area (Å²) >= 11 is 11.2. The van der Waals surface area contributed by atoms with Gasteiger partial charge in [0.15, 0.2) is 0 Å². The first-order valence-electron chi connectivity index (χ1n) is 28.7. The van der Waals surface area contributed by atoms with Gasteiger partial charge in [-0.1, -0.05) is 46.3 Å². The molecule has 5 atom stereocenters. The van der Waals surface area contributed by atoms with E-state index in [1.165, 1.54) is 13.3 Å². The van der Waals surface area contributed by atoms with Crippen molar-refractivity contribution in [1.82, 2.24) is 25.0 Å². The third-order valence-electron chi connectivity index (χ3n) is 9.89. The van der Waals surface area contributed by atoms with Crippen LogP contribution < -0.4 is 5.32 Å². The summed E-state index contributed by atoms with van der Waals surface area (Å²) in [4.78, 5) is 155. The summed E-state index contributed by atoms with van der Waals surface area (Å²) in [6.07, 6.45) is 3.26. The van der Waals surface area contributed by atoms with Gasteiger partial charge in [-0.3, -0.25) is 67.6 Å². The standard InChI is InChI=1S/C15H25NO8.C11H13NO4.C9H16N2O3.C7H9N3O3.C5H8O3.5CH4BIP/c1-2-7-16(8-10-23-14(21)5-3-12(17)18)9-11-24-15(22)6-4-13(19)20;13-10(14)4-5-11(15)16-8-6-9-3-1-2-7-12-9;1-10-4-6-11(7-5-10)8(12)2-3-9(13)14;11-6(1-2-7(12)13)10-5-3-8-4-9-5;1-4(6)2-3-5(7)8;5*1-4-2-3/h2-11H2,1H3,(H,17,18)(H,19,20);1-3,7H,4-6,8H2,(H,13,14);2-7H2,1H3,(H,13,14);4H,1-3H2,(H,12,13)(H,8,9,10,11);2-3H2,1H3,(H,7,8);5*4H,1H3. The van der Waals surface area contributed by atoms with Crippen LogP contribution in [0.2, 0.25) is 0 Å². The maximum absolute atomic E-state index is 11.5. The van der Waals surface area contributed by atoms with Gasteiger partial charge < -0.3 is 64.8 Å². The number of esters is 3. The van der Waals surface area contributed by atoms with Crippen LogP contribution in [0.25, 0.3) is 0 Å². The number of ether oxygens (including phenoxy) is 3. The number of nitrogens with zero attached hydrogens (tertiary/aromatic N) is 6. The van der Waals surface area contributed by atoms with E-state index < -0.39 is 53.7 Å². The maximum Gasteiger partial charge on any atom is 0.306 e. The van der Waals surface area contributed by atoms with E-state index in [0.29, 0.717) is 31.9 Å². The highest BCUT2D eigenvalue weighted by atomic mass is 127. The number of aromatic nitrogens is 1. The molecule has 1 fully saturated rings. The number of amidine groups is 1. The molecule has 1 saturated heterocycles. The number of aliphatic carboxylic acids is 6. The van der Waals surface area contributed by atoms with E-state index in [4.69, 9.17) is 44.8 Å². The third kappa shape index (κ3) is 98.8. The van der Waals surface area contributed by atoms with Crippen LogP contribution in [-0.2, 0) is 78.2 Å². The Hall–Kier alpha value is -1.63. The number of halogens is 5. The molecule has 2 amide bonds. The normalized spacial score (nSPS) is 11.6. The summed E-state index contributed by atoms with van der Waals surface area (Å²) in [6.45, 7) is 19.7. The second-order valence-electron chi connectivity index (χ2n) is 17.9. The first kappa shape index (κ1) is 107. The molecule has 3 heterocycles. The number of carboxylic acids is 6. The van der Waals surface area contributed by atoms with E-state index in [0.717, 1.165) is 87.1 Å². The average Bonchev–Trinajstić information content (AvgIpc) is 1.95. The van der Waals surface area contributed by atoms with Crippen LogP contribution in [0.4, 0.5) is 0 Å². The van der Waals surface area contributed by atoms with Gasteiger partial charge in [0.1, 0.15) is 31.2 Å². The maximum atomic E-state index is 11.5. The predicted molar refractivity (Wildman–Crippen MR) is 433 cm³/mol. The molecule has 28 nitrogen and oxygen atoms in total. The number of piperazine rings is 1. The highest BCUT2D eigenvalue weighted by Gasteiger charge is 2.19. The lowest BCUT2D eigenvalue weighted by Crippen LogP contribution is -2.47. The number of ketones is 1. The Balaban J connectivity index is -0.000000194. The van der Waals surface area contributed by atoms with Crippen molar-refractivity contribution < 1.29 is 102 Å². The second kappa shape index (κ2) is 83.0. The van der Waals surface area contributed by atoms with Crippen LogP contribution in [0.15, 0.2) is 34.4 Å². The van der Waals surface area contributed by atoms with Gasteiger partial charge in [0.05, 0.1) is 70.9 Å². The second-order valence-corrected chi connectivity index (χ2v) is 31.2. The van der Waals surface area contributed by atoms with Crippen molar-refractivity contribution in [1.29, 1.82) is 0 Å². The fourth-order valence-corrected chi connectivity index (χ4v) is 5.39. The van der Waals surface area contributed by atoms with Crippen LogP contribution in [0.3, 0.4) is 0 Å². The first-order valence-corrected chi connectivity index (χ1v) is 42.8. The summed E-state index contributed by atoms with van der Waals surface area (Å²) in [5.41, 5.74) is 0.841. The molecule has 2 aliphatic rings. The van der Waals surface area contributed by atoms with E-state index in [1.807, 2.05) is 37.1 Å². The van der Waals surface area contributed by atoms with Gasteiger partial charge in [0, 0.05) is 76.8 Å². The predicted octanol–water partition coefficient (Wildman–Crippen LogP) is 7.34. The lowest BCUT2D eigenvalue weighted by atomic mass is 10.2. The molecule has 0 spiro atoms. The molecule has 5 unspecified atom stereocenters. The molecule has 1 aromatic rings. The third-order valence-corrected chi connectivity index (χ3v) is 20.3. The van der Waals surface area contributed by atoms with Crippen LogP contribution >= 0.6 is 154 Å². The number of pyridine rings is 1. The van der Waals surface area contributed by atoms with Crippen molar-refractivity contribution in [3.8, 4) is 0 Å². The summed E-state index contributed by atoms with van der Waals surface area (Å²) in [7, 11) is 7.02. The minimum absolute atomic E-state index is 0.0334. The Kier molecular flexibility index (Phi) is 93.4. The van der Waals surface area contributed by atoms with Crippen molar-refractivity contribution in [2.45, 2.75) is 104 Å². The topological polar surface area (TPSA) is 413 Å². The molecule has 0 saturated carbocycles. The van der Waals surface area contributed by atoms with Gasteiger partial charge in [-0.25, -0.2) is 4.99 Å². The van der Waals surface area contributed by atoms with E-state index in [2.05, 4.69) is 195 Å². The Morgan fingerprint density at radius 3 is 1.22 bits per heavy atom. The van der Waals surface area contributed by atoms with Gasteiger partial charge in [0.25, 0.3) is 0 Å². The molecular weight excluding hydrogens is 1900 g/mol. The minimum Gasteiger partial charge on any atom is -0.481 e. The summed E-state index contributed by atoms with van der Waals surface area (Å²) in [5, 5.41) is 52.5. The van der Waals surface area contributed by atoms with Crippen molar-refractivity contribution in [3.63, 3.8) is 0 Å². The number of likely N-dealkylation sites (N-methyl/N-ethyl adjacent to an activating group) is 1. The number of Topliss-reactive ketones (excluding diaryl/α,β-unsaturated/α-hetero) is 1. The number of hydrogen-bond donors (Lipinski definition) is 7. The Morgan fingerprint density at radius 1 is 0.537 bits per heavy atom. The molecular formula is C52H91B5I5N7O21P5. The molecule has 95 heavy (non-hydrogen) atoms. The minimum atomic E-state index is -1.05. The number of rotatable bonds is 34. The van der Waals surface area contributed by atoms with Crippen molar-refractivity contribution in [3.05, 3.63) is 30.1 Å². The van der Waals surface area contributed by atoms with Crippen molar-refractivity contribution >= 4 is 262 Å². The number of carbonyl (C=O) groups excluding carboxylic acids is 6. The average molecular weight is 1990 g/mol. The molecule has 0 aliphatic carbocycles. The van der Waals surface area contributed by atoms with Crippen LogP contribution in [0.5, 0.6) is 0 Å². The monoisotopic (exact) mass is 1990 g/mol. The zero-order valence-corrected chi connectivity index (χ0v) is 70.6. The van der Waals surface area contributed by atoms with Gasteiger partial charge in [-0.15, -0.1) is 0 Å². The summed E-state index contributed by atoms with van der Waals surface area (Å²) in [6, 6.07) is 5.50. The van der Waals surface area contributed by atoms with Crippen LogP contribution in [-0.4, -0.2) is 271 Å². The lowest BCUT2D eigenvalue weighted by molar-refractivity contribution is -0.149. The largest absolute Gasteiger partial charge is 0.481 e. The number of carboxylic acid groups (broad SMARTS) is 6. The quantitative estimate of drug-likeness (QED) is 0.0117. The van der Waals surface area contributed by atoms with Crippen molar-refractivity contribution in [2.24, 2.45) is 9.98 Å². The molecule has 1 aromatic heterocycles. The fourth-order valence-electron chi connectivity index (χ4n) is 5.39. The van der Waals surface area contributed by atoms with E-state index in [1.54, 1.807) is 11.1 Å². The smallest absolute Gasteiger partial charge is 0.306 e. The number of nitrogens with one attached hydrogen (secondary N) is 1. The highest BCUT2D eigenvalue weighted by molar-refractivity contribution is 14.1. The van der Waals surface area contributed by atoms with Gasteiger partial charge in [-0.05, 0) is 39.1 Å². The van der Waals surface area contributed by atoms with E-state index in [-0.39, 0.29) is 114 Å². The molecule has 535 valence electrons. The van der Waals surface area contributed by atoms with Gasteiger partial charge >= 0.3 is 53.7 Å². The fraction of sp³-hybridized carbons (Fsp3) is 0.635. The SMILES string of the molecule is CC(=O)CCC(=O)O.CCCN(CCOC(=O)CCC(=O)O)CCOC(=O)CCC(=O)O.CN1CCN(C(=O)CCC(=O)O)CC1.CP[B]I.CP[B]I.CP[B]I.CP[B]I.CP[B]I.O=C(O)CCC(=O)NC1=NC=NC1.O=C(O)CCC(=O)OCCc1ccccn1. The number of hydrogen-bond acceptors (Lipinski definition) is 20. The summed E-state index contributed by atoms with van der Waals surface area (Å²) in [5.74, 6) is -7.51. The van der Waals surface area contributed by atoms with Crippen molar-refractivity contribution in [2.75, 3.05) is 113 Å². The van der Waals surface area contributed by atoms with Gasteiger partial charge in [0.2, 0.25) is 36.1 Å². The molecule has 3 rings (SSSR count). The molecule has 5 radical (unpaired) electrons. The number of carbonyl (C=O) groups is 12. The molecule has 0 aromatic carbocycles. The van der Waals surface area contributed by atoms with E-state index in [9.17, 15) is 57.5 Å². The zero-order valence-electron chi connectivity index (χ0n) is 54.8. The Labute approximate surface area is 639 Å². The first-order chi connectivity index (χ1) is 45.0. The Morgan fingerprint density at radius 2 is 0.905 bits per heavy atom. The number of aliphatic imine (C=N–C) groups is 2. The zero-order chi connectivity index (χ0) is 74.0. The highest BCUT2D eigenvalue weighted by Crippen LogP contribution is 2.06. The number of amides is 2. The van der Waals surface area contributed by atoms with Crippen LogP contribution in [0, 0.1) is 0 Å². The summed E-state index contributed by atoms with van der Waals surface area (Å²) < 4.78 is 14.7. The molecule has 0 bridgehead atoms. The van der Waals surface area contributed by atoms with Gasteiger partial charge in [-0.2, -0.15) is 154 Å².